The first-order valence-electron chi connectivity index (χ1n) is 9.90. The molecule has 2 aromatic rings. The number of ketones is 1. The van der Waals surface area contributed by atoms with Crippen molar-refractivity contribution in [3.8, 4) is 0 Å². The van der Waals surface area contributed by atoms with Gasteiger partial charge in [0, 0.05) is 33.9 Å². The first kappa shape index (κ1) is 25.0. The Morgan fingerprint density at radius 1 is 1.15 bits per heavy atom. The first-order chi connectivity index (χ1) is 15.3. The second-order valence-corrected chi connectivity index (χ2v) is 8.91. The molecule has 6 nitrogen and oxygen atoms in total. The van der Waals surface area contributed by atoms with Gasteiger partial charge in [-0.05, 0) is 53.8 Å². The Hall–Kier alpha value is -2.65. The van der Waals surface area contributed by atoms with Gasteiger partial charge in [-0.2, -0.15) is 13.2 Å². The van der Waals surface area contributed by atoms with E-state index < -0.39 is 40.8 Å². The van der Waals surface area contributed by atoms with Crippen molar-refractivity contribution in [3.63, 3.8) is 0 Å². The molecule has 0 radical (unpaired) electrons. The fraction of sp³-hybridized carbons (Fsp3) is 0.364. The van der Waals surface area contributed by atoms with Crippen molar-refractivity contribution < 1.29 is 27.7 Å². The van der Waals surface area contributed by atoms with Gasteiger partial charge in [-0.25, -0.2) is 0 Å². The summed E-state index contributed by atoms with van der Waals surface area (Å²) in [4.78, 5) is 34.6. The molecule has 0 bridgehead atoms. The highest BCUT2D eigenvalue weighted by molar-refractivity contribution is 6.34. The molecule has 33 heavy (non-hydrogen) atoms. The number of benzene rings is 2. The normalized spacial score (nSPS) is 17.2. The van der Waals surface area contributed by atoms with Gasteiger partial charge in [-0.3, -0.25) is 19.7 Å². The second kappa shape index (κ2) is 9.30. The van der Waals surface area contributed by atoms with Crippen molar-refractivity contribution in [2.45, 2.75) is 43.8 Å². The average molecular weight is 503 g/mol. The van der Waals surface area contributed by atoms with Gasteiger partial charge in [0.25, 0.3) is 0 Å². The topological polar surface area (TPSA) is 89.3 Å². The molecule has 0 spiro atoms. The molecular formula is C22H19Cl2F3N2O4. The lowest BCUT2D eigenvalue weighted by molar-refractivity contribution is -0.501. The molecule has 0 fully saturated rings. The first-order valence-corrected chi connectivity index (χ1v) is 10.7. The zero-order chi connectivity index (χ0) is 24.6. The van der Waals surface area contributed by atoms with Gasteiger partial charge in [0.1, 0.15) is 0 Å². The number of amides is 1. The van der Waals surface area contributed by atoms with E-state index in [0.717, 1.165) is 23.3 Å². The number of halogens is 5. The second-order valence-electron chi connectivity index (χ2n) is 8.03. The number of carbonyl (C=O) groups excluding carboxylic acids is 2. The number of nitro groups is 1. The molecule has 1 aliphatic rings. The van der Waals surface area contributed by atoms with Gasteiger partial charge in [-0.1, -0.05) is 35.3 Å². The number of alkyl halides is 3. The summed E-state index contributed by atoms with van der Waals surface area (Å²) in [5.74, 6) is -1.13. The monoisotopic (exact) mass is 502 g/mol. The van der Waals surface area contributed by atoms with Crippen LogP contribution in [0.5, 0.6) is 0 Å². The molecule has 0 heterocycles. The summed E-state index contributed by atoms with van der Waals surface area (Å²) in [7, 11) is 0. The minimum atomic E-state index is -5.14. The Morgan fingerprint density at radius 3 is 2.33 bits per heavy atom. The van der Waals surface area contributed by atoms with E-state index in [2.05, 4.69) is 5.32 Å². The highest BCUT2D eigenvalue weighted by atomic mass is 35.5. The van der Waals surface area contributed by atoms with E-state index in [1.165, 1.54) is 25.1 Å². The Balaban J connectivity index is 2.02. The Kier molecular flexibility index (Phi) is 7.04. The van der Waals surface area contributed by atoms with Gasteiger partial charge in [-0.15, -0.1) is 0 Å². The molecule has 1 aliphatic carbocycles. The summed E-state index contributed by atoms with van der Waals surface area (Å²) in [6, 6.07) is 7.30. The maximum atomic E-state index is 14.4. The van der Waals surface area contributed by atoms with E-state index in [1.807, 2.05) is 0 Å². The number of hydrogen-bond acceptors (Lipinski definition) is 4. The van der Waals surface area contributed by atoms with Crippen molar-refractivity contribution in [3.05, 3.63) is 78.8 Å². The molecule has 0 saturated carbocycles. The van der Waals surface area contributed by atoms with E-state index in [1.54, 1.807) is 6.07 Å². The molecule has 11 heteroatoms. The van der Waals surface area contributed by atoms with Crippen molar-refractivity contribution in [2.24, 2.45) is 0 Å². The fourth-order valence-corrected chi connectivity index (χ4v) is 4.74. The van der Waals surface area contributed by atoms with Crippen molar-refractivity contribution in [1.82, 2.24) is 5.32 Å². The predicted molar refractivity (Wildman–Crippen MR) is 116 cm³/mol. The van der Waals surface area contributed by atoms with Gasteiger partial charge in [0.2, 0.25) is 12.5 Å². The third kappa shape index (κ3) is 5.30. The zero-order valence-electron chi connectivity index (χ0n) is 17.3. The highest BCUT2D eigenvalue weighted by Crippen LogP contribution is 2.46. The van der Waals surface area contributed by atoms with Crippen LogP contribution in [0.3, 0.4) is 0 Å². The number of hydrogen-bond donors (Lipinski definition) is 1. The molecule has 0 aliphatic heterocycles. The molecule has 176 valence electrons. The van der Waals surface area contributed by atoms with Gasteiger partial charge in [0.15, 0.2) is 11.2 Å². The van der Waals surface area contributed by atoms with E-state index in [9.17, 15) is 32.9 Å². The number of aryl methyl sites for hydroxylation is 1. The van der Waals surface area contributed by atoms with E-state index in [4.69, 9.17) is 23.2 Å². The molecule has 0 aromatic heterocycles. The van der Waals surface area contributed by atoms with Crippen LogP contribution in [0.2, 0.25) is 10.0 Å². The van der Waals surface area contributed by atoms with Crippen LogP contribution in [0.4, 0.5) is 13.2 Å². The molecule has 3 rings (SSSR count). The van der Waals surface area contributed by atoms with E-state index >= 15 is 0 Å². The molecule has 2 aromatic carbocycles. The molecular weight excluding hydrogens is 484 g/mol. The molecule has 2 atom stereocenters. The van der Waals surface area contributed by atoms with Crippen molar-refractivity contribution in [2.75, 3.05) is 6.54 Å². The Morgan fingerprint density at radius 2 is 1.79 bits per heavy atom. The fourth-order valence-electron chi connectivity index (χ4n) is 4.22. The quantitative estimate of drug-likeness (QED) is 0.309. The van der Waals surface area contributed by atoms with Gasteiger partial charge >= 0.3 is 6.18 Å². The molecule has 1 N–H and O–H groups in total. The number of Topliss-reactive ketones (excluding diaryl/α,β-unsaturated/α-hetero) is 1. The third-order valence-corrected chi connectivity index (χ3v) is 6.18. The van der Waals surface area contributed by atoms with Crippen LogP contribution in [0.1, 0.15) is 52.9 Å². The van der Waals surface area contributed by atoms with Crippen LogP contribution >= 0.6 is 23.2 Å². The zero-order valence-corrected chi connectivity index (χ0v) is 18.9. The SMILES string of the molecule is CC(=O)NC1CCc2cc(C(=O)CC(C[N+](=O)[O-])(c3cc(Cl)cc(Cl)c3)C(F)(F)F)ccc21. The average Bonchev–Trinajstić information content (AvgIpc) is 3.06. The molecule has 1 amide bonds. The van der Waals surface area contributed by atoms with Crippen LogP contribution in [0, 0.1) is 10.1 Å². The largest absolute Gasteiger partial charge is 0.405 e. The number of carbonyl (C=O) groups is 2. The van der Waals surface area contributed by atoms with Crippen LogP contribution < -0.4 is 5.32 Å². The summed E-state index contributed by atoms with van der Waals surface area (Å²) in [5, 5.41) is 13.8. The van der Waals surface area contributed by atoms with E-state index in [-0.39, 0.29) is 27.6 Å². The summed E-state index contributed by atoms with van der Waals surface area (Å²) < 4.78 is 43.1. The number of nitrogens with zero attached hydrogens (tertiary/aromatic N) is 1. The smallest absolute Gasteiger partial charge is 0.350 e. The van der Waals surface area contributed by atoms with Crippen LogP contribution in [-0.4, -0.2) is 29.3 Å². The summed E-state index contributed by atoms with van der Waals surface area (Å²) in [6.07, 6.45) is -5.20. The summed E-state index contributed by atoms with van der Waals surface area (Å²) >= 11 is 11.7. The number of fused-ring (bicyclic) bond motifs is 1. The maximum Gasteiger partial charge on any atom is 0.405 e. The highest BCUT2D eigenvalue weighted by Gasteiger charge is 2.60. The lowest BCUT2D eigenvalue weighted by Crippen LogP contribution is -2.49. The number of rotatable bonds is 7. The minimum Gasteiger partial charge on any atom is -0.350 e. The van der Waals surface area contributed by atoms with Crippen molar-refractivity contribution in [1.29, 1.82) is 0 Å². The predicted octanol–water partition coefficient (Wildman–Crippen LogP) is 5.47. The number of nitrogens with one attached hydrogen (secondary N) is 1. The van der Waals surface area contributed by atoms with Crippen molar-refractivity contribution >= 4 is 34.9 Å². The Bertz CT molecular complexity index is 1100. The summed E-state index contributed by atoms with van der Waals surface area (Å²) in [5.41, 5.74) is -2.15. The lowest BCUT2D eigenvalue weighted by Gasteiger charge is -2.32. The third-order valence-electron chi connectivity index (χ3n) is 5.74. The maximum absolute atomic E-state index is 14.4. The van der Waals surface area contributed by atoms with E-state index in [0.29, 0.717) is 12.8 Å². The molecule has 2 unspecified atom stereocenters. The van der Waals surface area contributed by atoms with Gasteiger partial charge in [0.05, 0.1) is 6.04 Å². The minimum absolute atomic E-state index is 0.00215. The molecule has 0 saturated heterocycles. The lowest BCUT2D eigenvalue weighted by atomic mass is 9.74. The summed E-state index contributed by atoms with van der Waals surface area (Å²) in [6.45, 7) is -0.182. The van der Waals surface area contributed by atoms with Crippen LogP contribution in [0.25, 0.3) is 0 Å². The van der Waals surface area contributed by atoms with Crippen LogP contribution in [-0.2, 0) is 16.6 Å². The van der Waals surface area contributed by atoms with Gasteiger partial charge < -0.3 is 5.32 Å². The standard InChI is InChI=1S/C22H19Cl2F3N2O4/c1-12(30)28-19-5-3-13-6-14(2-4-18(13)19)20(31)10-21(11-29(32)33,22(25,26)27)15-7-16(23)9-17(24)8-15/h2,4,6-9,19H,3,5,10-11H2,1H3,(H,28,30). The van der Waals surface area contributed by atoms with Crippen LogP contribution in [0.15, 0.2) is 36.4 Å². The Labute approximate surface area is 197 Å².